The highest BCUT2D eigenvalue weighted by Crippen LogP contribution is 2.24. The van der Waals surface area contributed by atoms with Crippen molar-refractivity contribution in [2.75, 3.05) is 11.1 Å². The number of nitrogens with zero attached hydrogens (tertiary/aromatic N) is 5. The summed E-state index contributed by atoms with van der Waals surface area (Å²) in [5.74, 6) is 0.889. The highest BCUT2D eigenvalue weighted by molar-refractivity contribution is 7.99. The minimum absolute atomic E-state index is 0.169. The number of rotatable bonds is 6. The van der Waals surface area contributed by atoms with Crippen molar-refractivity contribution < 1.29 is 9.90 Å². The van der Waals surface area contributed by atoms with Gasteiger partial charge in [-0.2, -0.15) is 0 Å². The van der Waals surface area contributed by atoms with Crippen LogP contribution in [0.4, 0.5) is 5.13 Å². The summed E-state index contributed by atoms with van der Waals surface area (Å²) in [5, 5.41) is 30.3. The van der Waals surface area contributed by atoms with E-state index in [2.05, 4.69) is 25.7 Å². The molecule has 25 heavy (non-hydrogen) atoms. The van der Waals surface area contributed by atoms with Gasteiger partial charge in [0.2, 0.25) is 11.0 Å². The molecule has 0 saturated heterocycles. The number of hydrogen-bond acceptors (Lipinski definition) is 8. The van der Waals surface area contributed by atoms with Crippen LogP contribution in [0, 0.1) is 0 Å². The second-order valence-electron chi connectivity index (χ2n) is 5.10. The van der Waals surface area contributed by atoms with E-state index in [1.54, 1.807) is 24.3 Å². The van der Waals surface area contributed by atoms with Crippen LogP contribution in [0.25, 0.3) is 11.4 Å². The molecule has 0 unspecified atom stereocenters. The quantitative estimate of drug-likeness (QED) is 0.636. The zero-order chi connectivity index (χ0) is 17.8. The van der Waals surface area contributed by atoms with Crippen molar-refractivity contribution in [2.45, 2.75) is 18.5 Å². The highest BCUT2D eigenvalue weighted by Gasteiger charge is 2.14. The van der Waals surface area contributed by atoms with Crippen LogP contribution < -0.4 is 5.32 Å². The topological polar surface area (TPSA) is 106 Å². The van der Waals surface area contributed by atoms with E-state index in [0.29, 0.717) is 16.1 Å². The number of carbonyl (C=O) groups is 1. The summed E-state index contributed by atoms with van der Waals surface area (Å²) in [4.78, 5) is 12.0. The minimum Gasteiger partial charge on any atom is -0.508 e. The van der Waals surface area contributed by atoms with E-state index in [4.69, 9.17) is 0 Å². The van der Waals surface area contributed by atoms with Gasteiger partial charge in [-0.25, -0.2) is 0 Å². The third-order valence-corrected chi connectivity index (χ3v) is 5.31. The fourth-order valence-corrected chi connectivity index (χ4v) is 3.44. The number of thioether (sulfide) groups is 1. The third-order valence-electron chi connectivity index (χ3n) is 3.31. The second-order valence-corrected chi connectivity index (χ2v) is 7.11. The molecule has 0 bridgehead atoms. The van der Waals surface area contributed by atoms with Gasteiger partial charge in [0.05, 0.1) is 5.75 Å². The molecule has 1 amide bonds. The molecule has 2 aromatic heterocycles. The molecule has 0 aliphatic heterocycles. The Hall–Kier alpha value is -2.46. The van der Waals surface area contributed by atoms with Crippen molar-refractivity contribution >= 4 is 34.1 Å². The number of phenols is 1. The number of nitrogens with one attached hydrogen (secondary N) is 1. The minimum atomic E-state index is -0.169. The molecule has 0 aliphatic carbocycles. The first kappa shape index (κ1) is 17.4. The predicted molar refractivity (Wildman–Crippen MR) is 96.7 cm³/mol. The van der Waals surface area contributed by atoms with E-state index in [0.717, 1.165) is 17.0 Å². The number of carbonyl (C=O) groups excluding carboxylic acids is 1. The number of hydrogen-bond donors (Lipinski definition) is 2. The van der Waals surface area contributed by atoms with E-state index in [1.807, 2.05) is 18.5 Å². The SMILES string of the molecule is CCc1nnc(NC(=O)CSc2nnc(-c3ccc(O)cc3)n2C)s1. The van der Waals surface area contributed by atoms with Crippen molar-refractivity contribution in [3.8, 4) is 17.1 Å². The number of aromatic nitrogens is 5. The van der Waals surface area contributed by atoms with Gasteiger partial charge in [-0.1, -0.05) is 30.0 Å². The van der Waals surface area contributed by atoms with E-state index >= 15 is 0 Å². The molecule has 2 N–H and O–H groups in total. The lowest BCUT2D eigenvalue weighted by Gasteiger charge is -2.04. The van der Waals surface area contributed by atoms with Crippen LogP contribution in [0.15, 0.2) is 29.4 Å². The molecule has 3 aromatic rings. The summed E-state index contributed by atoms with van der Waals surface area (Å²) < 4.78 is 1.81. The van der Waals surface area contributed by atoms with Crippen molar-refractivity contribution in [3.05, 3.63) is 29.3 Å². The molecule has 0 spiro atoms. The lowest BCUT2D eigenvalue weighted by molar-refractivity contribution is -0.113. The molecule has 0 saturated carbocycles. The van der Waals surface area contributed by atoms with Crippen molar-refractivity contribution in [1.29, 1.82) is 0 Å². The first-order valence-corrected chi connectivity index (χ1v) is 9.31. The molecule has 2 heterocycles. The van der Waals surface area contributed by atoms with Crippen molar-refractivity contribution in [3.63, 3.8) is 0 Å². The fourth-order valence-electron chi connectivity index (χ4n) is 2.03. The van der Waals surface area contributed by atoms with Crippen LogP contribution in [0.1, 0.15) is 11.9 Å². The number of aryl methyl sites for hydroxylation is 1. The Balaban J connectivity index is 1.61. The van der Waals surface area contributed by atoms with Crippen LogP contribution >= 0.6 is 23.1 Å². The molecule has 0 atom stereocenters. The predicted octanol–water partition coefficient (Wildman–Crippen LogP) is 2.33. The van der Waals surface area contributed by atoms with Gasteiger partial charge < -0.3 is 9.67 Å². The molecule has 0 aliphatic rings. The van der Waals surface area contributed by atoms with E-state index in [-0.39, 0.29) is 17.4 Å². The summed E-state index contributed by atoms with van der Waals surface area (Å²) >= 11 is 2.66. The molecule has 0 fully saturated rings. The monoisotopic (exact) mass is 376 g/mol. The molecular formula is C15H16N6O2S2. The van der Waals surface area contributed by atoms with Gasteiger partial charge >= 0.3 is 0 Å². The Kier molecular flexibility index (Phi) is 5.29. The van der Waals surface area contributed by atoms with Gasteiger partial charge in [-0.05, 0) is 30.7 Å². The van der Waals surface area contributed by atoms with Crippen LogP contribution in [0.5, 0.6) is 5.75 Å². The Morgan fingerprint density at radius 3 is 2.68 bits per heavy atom. The summed E-state index contributed by atoms with van der Waals surface area (Å²) in [6.45, 7) is 1.99. The molecule has 8 nitrogen and oxygen atoms in total. The number of phenolic OH excluding ortho intramolecular Hbond substituents is 1. The van der Waals surface area contributed by atoms with Crippen LogP contribution in [-0.2, 0) is 18.3 Å². The third kappa shape index (κ3) is 4.15. The maximum Gasteiger partial charge on any atom is 0.236 e. The number of amides is 1. The van der Waals surface area contributed by atoms with Gasteiger partial charge in [0, 0.05) is 12.6 Å². The van der Waals surface area contributed by atoms with Crippen LogP contribution in [0.2, 0.25) is 0 Å². The Bertz CT molecular complexity index is 875. The van der Waals surface area contributed by atoms with Gasteiger partial charge in [-0.3, -0.25) is 10.1 Å². The zero-order valence-corrected chi connectivity index (χ0v) is 15.3. The number of anilines is 1. The Labute approximate surface area is 152 Å². The van der Waals surface area contributed by atoms with Crippen molar-refractivity contribution in [2.24, 2.45) is 7.05 Å². The first-order valence-electron chi connectivity index (χ1n) is 7.50. The van der Waals surface area contributed by atoms with Crippen molar-refractivity contribution in [1.82, 2.24) is 25.0 Å². The Morgan fingerprint density at radius 1 is 1.24 bits per heavy atom. The normalized spacial score (nSPS) is 10.8. The van der Waals surface area contributed by atoms with Gasteiger partial charge in [0.1, 0.15) is 10.8 Å². The standard InChI is InChI=1S/C15H16N6O2S2/c1-3-12-17-19-14(25-12)16-11(23)8-24-15-20-18-13(21(15)2)9-4-6-10(22)7-5-9/h4-7,22H,3,8H2,1-2H3,(H,16,19,23). The van der Waals surface area contributed by atoms with Crippen LogP contribution in [-0.4, -0.2) is 41.7 Å². The second kappa shape index (κ2) is 7.62. The average molecular weight is 376 g/mol. The molecule has 1 aromatic carbocycles. The highest BCUT2D eigenvalue weighted by atomic mass is 32.2. The molecular weight excluding hydrogens is 360 g/mol. The van der Waals surface area contributed by atoms with E-state index in [1.165, 1.54) is 23.1 Å². The van der Waals surface area contributed by atoms with Gasteiger partial charge in [0.25, 0.3) is 0 Å². The average Bonchev–Trinajstić information content (AvgIpc) is 3.20. The smallest absolute Gasteiger partial charge is 0.236 e. The summed E-state index contributed by atoms with van der Waals surface area (Å²) in [6, 6.07) is 6.72. The summed E-state index contributed by atoms with van der Waals surface area (Å²) in [5.41, 5.74) is 0.838. The fraction of sp³-hybridized carbons (Fsp3) is 0.267. The maximum absolute atomic E-state index is 12.0. The zero-order valence-electron chi connectivity index (χ0n) is 13.6. The summed E-state index contributed by atoms with van der Waals surface area (Å²) in [6.07, 6.45) is 0.793. The number of aromatic hydroxyl groups is 1. The van der Waals surface area contributed by atoms with E-state index in [9.17, 15) is 9.90 Å². The van der Waals surface area contributed by atoms with Gasteiger partial charge in [0.15, 0.2) is 11.0 Å². The maximum atomic E-state index is 12.0. The molecule has 0 radical (unpaired) electrons. The van der Waals surface area contributed by atoms with Gasteiger partial charge in [-0.15, -0.1) is 20.4 Å². The van der Waals surface area contributed by atoms with E-state index < -0.39 is 0 Å². The lowest BCUT2D eigenvalue weighted by atomic mass is 10.2. The summed E-state index contributed by atoms with van der Waals surface area (Å²) in [7, 11) is 1.83. The molecule has 3 rings (SSSR count). The molecule has 10 heteroatoms. The molecule has 130 valence electrons. The van der Waals surface area contributed by atoms with Crippen LogP contribution in [0.3, 0.4) is 0 Å². The largest absolute Gasteiger partial charge is 0.508 e. The first-order chi connectivity index (χ1) is 12.1. The number of benzene rings is 1. The lowest BCUT2D eigenvalue weighted by Crippen LogP contribution is -2.14. The Morgan fingerprint density at radius 2 is 2.00 bits per heavy atom.